The molecule has 1 aromatic carbocycles. The van der Waals surface area contributed by atoms with Crippen LogP contribution < -0.4 is 4.74 Å². The van der Waals surface area contributed by atoms with Crippen molar-refractivity contribution in [3.05, 3.63) is 35.4 Å². The minimum absolute atomic E-state index is 0.200. The summed E-state index contributed by atoms with van der Waals surface area (Å²) in [5, 5.41) is 0. The molecule has 3 nitrogen and oxygen atoms in total. The lowest BCUT2D eigenvalue weighted by Crippen LogP contribution is -1.94. The summed E-state index contributed by atoms with van der Waals surface area (Å²) in [6.07, 6.45) is 2.57. The highest BCUT2D eigenvalue weighted by atomic mass is 16.5. The molecule has 0 atom stereocenters. The van der Waals surface area contributed by atoms with E-state index < -0.39 is 0 Å². The molecule has 0 spiro atoms. The lowest BCUT2D eigenvalue weighted by atomic mass is 10.1. The van der Waals surface area contributed by atoms with Gasteiger partial charge in [-0.15, -0.1) is 0 Å². The Hall–Kier alpha value is -1.77. The molecule has 0 aliphatic carbocycles. The molecule has 3 heteroatoms. The van der Waals surface area contributed by atoms with Gasteiger partial charge in [0.25, 0.3) is 0 Å². The molecule has 1 heterocycles. The third-order valence-corrected chi connectivity index (χ3v) is 2.40. The lowest BCUT2D eigenvalue weighted by Gasteiger charge is -2.02. The maximum atomic E-state index is 11.2. The van der Waals surface area contributed by atoms with Crippen LogP contribution in [0.15, 0.2) is 29.8 Å². The highest BCUT2D eigenvalue weighted by Crippen LogP contribution is 2.19. The molecule has 1 aliphatic rings. The number of cyclic esters (lactones) is 1. The van der Waals surface area contributed by atoms with Crippen LogP contribution in [0.4, 0.5) is 0 Å². The largest absolute Gasteiger partial charge is 0.494 e. The summed E-state index contributed by atoms with van der Waals surface area (Å²) in [6, 6.07) is 7.67. The lowest BCUT2D eigenvalue weighted by molar-refractivity contribution is -0.134. The van der Waals surface area contributed by atoms with Gasteiger partial charge in [0.15, 0.2) is 0 Å². The van der Waals surface area contributed by atoms with Crippen molar-refractivity contribution in [2.75, 3.05) is 13.2 Å². The van der Waals surface area contributed by atoms with Gasteiger partial charge in [0, 0.05) is 12.0 Å². The summed E-state index contributed by atoms with van der Waals surface area (Å²) in [5.74, 6) is 0.646. The smallest absolute Gasteiger partial charge is 0.334 e. The van der Waals surface area contributed by atoms with Gasteiger partial charge < -0.3 is 9.47 Å². The zero-order valence-electron chi connectivity index (χ0n) is 9.23. The Bertz CT molecular complexity index is 404. The Morgan fingerprint density at radius 2 is 2.12 bits per heavy atom. The predicted molar refractivity (Wildman–Crippen MR) is 61.2 cm³/mol. The number of esters is 1. The highest BCUT2D eigenvalue weighted by molar-refractivity contribution is 5.95. The van der Waals surface area contributed by atoms with E-state index in [1.54, 1.807) is 0 Å². The molecule has 16 heavy (non-hydrogen) atoms. The number of rotatable bonds is 3. The zero-order valence-corrected chi connectivity index (χ0v) is 9.23. The Labute approximate surface area is 94.7 Å². The molecule has 1 fully saturated rings. The number of hydrogen-bond acceptors (Lipinski definition) is 3. The first-order valence-corrected chi connectivity index (χ1v) is 5.40. The highest BCUT2D eigenvalue weighted by Gasteiger charge is 2.17. The van der Waals surface area contributed by atoms with Crippen LogP contribution in [0.2, 0.25) is 0 Å². The number of carbonyl (C=O) groups is 1. The number of hydrogen-bond donors (Lipinski definition) is 0. The van der Waals surface area contributed by atoms with Gasteiger partial charge in [-0.3, -0.25) is 0 Å². The van der Waals surface area contributed by atoms with Crippen LogP contribution in [-0.2, 0) is 9.53 Å². The molecule has 2 rings (SSSR count). The predicted octanol–water partition coefficient (Wildman–Crippen LogP) is 2.42. The third-order valence-electron chi connectivity index (χ3n) is 2.40. The standard InChI is InChI=1S/C13H14O3/c1-2-15-12-5-3-10(4-6-12)9-11-7-8-16-13(11)14/h3-6,9H,2,7-8H2,1H3. The number of ether oxygens (including phenoxy) is 2. The fraction of sp³-hybridized carbons (Fsp3) is 0.308. The van der Waals surface area contributed by atoms with E-state index in [-0.39, 0.29) is 5.97 Å². The van der Waals surface area contributed by atoms with Gasteiger partial charge in [0.1, 0.15) is 5.75 Å². The fourth-order valence-electron chi connectivity index (χ4n) is 1.61. The van der Waals surface area contributed by atoms with Crippen LogP contribution in [0.3, 0.4) is 0 Å². The van der Waals surface area contributed by atoms with Crippen LogP contribution in [0, 0.1) is 0 Å². The van der Waals surface area contributed by atoms with Gasteiger partial charge in [-0.1, -0.05) is 12.1 Å². The van der Waals surface area contributed by atoms with Crippen molar-refractivity contribution in [3.8, 4) is 5.75 Å². The second-order valence-electron chi connectivity index (χ2n) is 3.56. The molecular weight excluding hydrogens is 204 g/mol. The molecule has 1 saturated heterocycles. The van der Waals surface area contributed by atoms with Crippen LogP contribution in [0.25, 0.3) is 6.08 Å². The average molecular weight is 218 g/mol. The van der Waals surface area contributed by atoms with Crippen molar-refractivity contribution in [1.29, 1.82) is 0 Å². The van der Waals surface area contributed by atoms with Crippen LogP contribution in [0.5, 0.6) is 5.75 Å². The first-order valence-electron chi connectivity index (χ1n) is 5.40. The number of benzene rings is 1. The third kappa shape index (κ3) is 2.42. The second kappa shape index (κ2) is 4.84. The zero-order chi connectivity index (χ0) is 11.4. The van der Waals surface area contributed by atoms with E-state index in [9.17, 15) is 4.79 Å². The summed E-state index contributed by atoms with van der Waals surface area (Å²) < 4.78 is 10.2. The summed E-state index contributed by atoms with van der Waals surface area (Å²) in [6.45, 7) is 3.11. The molecule has 84 valence electrons. The first kappa shape index (κ1) is 10.7. The van der Waals surface area contributed by atoms with Crippen molar-refractivity contribution >= 4 is 12.0 Å². The van der Waals surface area contributed by atoms with Gasteiger partial charge in [0.05, 0.1) is 13.2 Å². The number of carbonyl (C=O) groups excluding carboxylic acids is 1. The van der Waals surface area contributed by atoms with Crippen LogP contribution >= 0.6 is 0 Å². The van der Waals surface area contributed by atoms with Crippen molar-refractivity contribution in [2.24, 2.45) is 0 Å². The Morgan fingerprint density at radius 1 is 1.38 bits per heavy atom. The van der Waals surface area contributed by atoms with E-state index in [1.165, 1.54) is 0 Å². The van der Waals surface area contributed by atoms with E-state index in [1.807, 2.05) is 37.3 Å². The van der Waals surface area contributed by atoms with Crippen LogP contribution in [0.1, 0.15) is 18.9 Å². The van der Waals surface area contributed by atoms with Gasteiger partial charge in [-0.2, -0.15) is 0 Å². The van der Waals surface area contributed by atoms with E-state index >= 15 is 0 Å². The molecule has 0 radical (unpaired) electrons. The van der Waals surface area contributed by atoms with E-state index in [2.05, 4.69) is 0 Å². The molecule has 0 saturated carbocycles. The summed E-state index contributed by atoms with van der Waals surface area (Å²) >= 11 is 0. The topological polar surface area (TPSA) is 35.5 Å². The molecule has 0 bridgehead atoms. The van der Waals surface area contributed by atoms with E-state index in [4.69, 9.17) is 9.47 Å². The van der Waals surface area contributed by atoms with Gasteiger partial charge >= 0.3 is 5.97 Å². The first-order chi connectivity index (χ1) is 7.79. The molecule has 1 aromatic rings. The molecule has 0 N–H and O–H groups in total. The summed E-state index contributed by atoms with van der Waals surface area (Å²) in [4.78, 5) is 11.2. The normalized spacial score (nSPS) is 17.6. The molecule has 0 amide bonds. The maximum Gasteiger partial charge on any atom is 0.334 e. The summed E-state index contributed by atoms with van der Waals surface area (Å²) in [5.41, 5.74) is 1.74. The Kier molecular flexibility index (Phi) is 3.25. The molecular formula is C13H14O3. The second-order valence-corrected chi connectivity index (χ2v) is 3.56. The fourth-order valence-corrected chi connectivity index (χ4v) is 1.61. The van der Waals surface area contributed by atoms with Crippen molar-refractivity contribution in [3.63, 3.8) is 0 Å². The SMILES string of the molecule is CCOc1ccc(C=C2CCOC2=O)cc1. The molecule has 0 aromatic heterocycles. The van der Waals surface area contributed by atoms with Crippen molar-refractivity contribution in [1.82, 2.24) is 0 Å². The van der Waals surface area contributed by atoms with Crippen molar-refractivity contribution < 1.29 is 14.3 Å². The maximum absolute atomic E-state index is 11.2. The Balaban J connectivity index is 2.13. The van der Waals surface area contributed by atoms with E-state index in [0.717, 1.165) is 16.9 Å². The monoisotopic (exact) mass is 218 g/mol. The minimum Gasteiger partial charge on any atom is -0.494 e. The van der Waals surface area contributed by atoms with Crippen molar-refractivity contribution in [2.45, 2.75) is 13.3 Å². The average Bonchev–Trinajstić information content (AvgIpc) is 2.68. The minimum atomic E-state index is -0.200. The summed E-state index contributed by atoms with van der Waals surface area (Å²) in [7, 11) is 0. The van der Waals surface area contributed by atoms with Crippen LogP contribution in [-0.4, -0.2) is 19.2 Å². The van der Waals surface area contributed by atoms with Gasteiger partial charge in [-0.25, -0.2) is 4.79 Å². The van der Waals surface area contributed by atoms with E-state index in [0.29, 0.717) is 19.6 Å². The quantitative estimate of drug-likeness (QED) is 0.577. The van der Waals surface area contributed by atoms with Gasteiger partial charge in [-0.05, 0) is 30.7 Å². The van der Waals surface area contributed by atoms with Gasteiger partial charge in [0.2, 0.25) is 0 Å². The Morgan fingerprint density at radius 3 is 2.69 bits per heavy atom. The molecule has 0 unspecified atom stereocenters. The molecule has 1 aliphatic heterocycles.